The molecular weight excluding hydrogens is 290 g/mol. The summed E-state index contributed by atoms with van der Waals surface area (Å²) in [6.07, 6.45) is 0.764. The first-order valence-electron chi connectivity index (χ1n) is 7.28. The Morgan fingerprint density at radius 2 is 1.67 bits per heavy atom. The maximum absolute atomic E-state index is 12.2. The van der Waals surface area contributed by atoms with Crippen LogP contribution in [0.2, 0.25) is 0 Å². The zero-order chi connectivity index (χ0) is 16.1. The lowest BCUT2D eigenvalue weighted by molar-refractivity contribution is -0.137. The Kier molecular flexibility index (Phi) is 9.91. The van der Waals surface area contributed by atoms with Crippen LogP contribution in [0.15, 0.2) is 0 Å². The normalized spacial score (nSPS) is 14.1. The lowest BCUT2D eigenvalue weighted by Gasteiger charge is -2.26. The molecule has 0 aliphatic rings. The zero-order valence-electron chi connectivity index (χ0n) is 14.4. The second kappa shape index (κ2) is 9.26. The van der Waals surface area contributed by atoms with E-state index in [1.807, 2.05) is 20.8 Å². The number of carbonyl (C=O) groups is 2. The van der Waals surface area contributed by atoms with Crippen molar-refractivity contribution >= 4 is 24.2 Å². The van der Waals surface area contributed by atoms with Gasteiger partial charge in [-0.2, -0.15) is 0 Å². The molecule has 0 aliphatic heterocycles. The molecule has 0 saturated heterocycles. The third-order valence-corrected chi connectivity index (χ3v) is 3.43. The molecule has 0 fully saturated rings. The molecule has 3 N–H and O–H groups in total. The van der Waals surface area contributed by atoms with Crippen LogP contribution in [0.3, 0.4) is 0 Å². The van der Waals surface area contributed by atoms with Gasteiger partial charge in [-0.05, 0) is 19.3 Å². The van der Waals surface area contributed by atoms with Gasteiger partial charge >= 0.3 is 0 Å². The molecule has 0 spiro atoms. The number of amides is 2. The van der Waals surface area contributed by atoms with Crippen molar-refractivity contribution in [2.24, 2.45) is 17.1 Å². The standard InChI is InChI=1S/C15H31N3O2.ClH/c1-10(2)12(16)8-9-18(7)13(19)11(3)17-14(20)15(4,5)6;/h10-12H,8-9,16H2,1-7H3,(H,17,20);1H. The van der Waals surface area contributed by atoms with Crippen LogP contribution in [-0.4, -0.2) is 42.4 Å². The van der Waals surface area contributed by atoms with Crippen molar-refractivity contribution in [3.63, 3.8) is 0 Å². The molecule has 0 radical (unpaired) electrons. The summed E-state index contributed by atoms with van der Waals surface area (Å²) < 4.78 is 0. The second-order valence-electron chi connectivity index (χ2n) is 6.90. The highest BCUT2D eigenvalue weighted by Gasteiger charge is 2.26. The molecule has 0 rings (SSSR count). The molecule has 0 aliphatic carbocycles. The number of hydrogen-bond acceptors (Lipinski definition) is 3. The third-order valence-electron chi connectivity index (χ3n) is 3.43. The van der Waals surface area contributed by atoms with Crippen molar-refractivity contribution in [2.45, 2.75) is 60.0 Å². The van der Waals surface area contributed by atoms with Gasteiger partial charge in [0.25, 0.3) is 0 Å². The van der Waals surface area contributed by atoms with Crippen LogP contribution in [0, 0.1) is 11.3 Å². The third kappa shape index (κ3) is 8.27. The summed E-state index contributed by atoms with van der Waals surface area (Å²) in [7, 11) is 1.75. The van der Waals surface area contributed by atoms with Gasteiger partial charge in [0.1, 0.15) is 6.04 Å². The van der Waals surface area contributed by atoms with Gasteiger partial charge in [-0.3, -0.25) is 9.59 Å². The summed E-state index contributed by atoms with van der Waals surface area (Å²) in [5.41, 5.74) is 5.48. The molecule has 0 aromatic carbocycles. The highest BCUT2D eigenvalue weighted by molar-refractivity contribution is 5.89. The maximum atomic E-state index is 12.2. The monoisotopic (exact) mass is 321 g/mol. The van der Waals surface area contributed by atoms with Gasteiger partial charge in [0.2, 0.25) is 11.8 Å². The topological polar surface area (TPSA) is 75.4 Å². The number of hydrogen-bond donors (Lipinski definition) is 2. The van der Waals surface area contributed by atoms with E-state index in [0.29, 0.717) is 12.5 Å². The summed E-state index contributed by atoms with van der Waals surface area (Å²) in [5, 5.41) is 2.75. The number of nitrogens with one attached hydrogen (secondary N) is 1. The summed E-state index contributed by atoms with van der Waals surface area (Å²) in [6.45, 7) is 11.9. The number of carbonyl (C=O) groups excluding carboxylic acids is 2. The predicted octanol–water partition coefficient (Wildman–Crippen LogP) is 1.79. The Morgan fingerprint density at radius 1 is 1.19 bits per heavy atom. The van der Waals surface area contributed by atoms with E-state index in [-0.39, 0.29) is 30.3 Å². The fourth-order valence-electron chi connectivity index (χ4n) is 1.59. The molecule has 21 heavy (non-hydrogen) atoms. The fourth-order valence-corrected chi connectivity index (χ4v) is 1.59. The fraction of sp³-hybridized carbons (Fsp3) is 0.867. The van der Waals surface area contributed by atoms with Gasteiger partial charge in [-0.1, -0.05) is 34.6 Å². The highest BCUT2D eigenvalue weighted by atomic mass is 35.5. The summed E-state index contributed by atoms with van der Waals surface area (Å²) >= 11 is 0. The zero-order valence-corrected chi connectivity index (χ0v) is 15.2. The summed E-state index contributed by atoms with van der Waals surface area (Å²) in [6, 6.07) is -0.424. The Hall–Kier alpha value is -0.810. The minimum atomic E-state index is -0.512. The minimum absolute atomic E-state index is 0. The van der Waals surface area contributed by atoms with Gasteiger partial charge in [0, 0.05) is 25.0 Å². The minimum Gasteiger partial charge on any atom is -0.344 e. The number of nitrogens with zero attached hydrogens (tertiary/aromatic N) is 1. The smallest absolute Gasteiger partial charge is 0.244 e. The molecule has 2 amide bonds. The highest BCUT2D eigenvalue weighted by Crippen LogP contribution is 2.13. The van der Waals surface area contributed by atoms with Crippen molar-refractivity contribution in [3.8, 4) is 0 Å². The average molecular weight is 322 g/mol. The second-order valence-corrected chi connectivity index (χ2v) is 6.90. The maximum Gasteiger partial charge on any atom is 0.244 e. The van der Waals surface area contributed by atoms with Gasteiger partial charge in [0.15, 0.2) is 0 Å². The molecule has 2 atom stereocenters. The molecule has 6 heteroatoms. The SMILES string of the molecule is CC(NC(=O)C(C)(C)C)C(=O)N(C)CCC(N)C(C)C.Cl. The molecule has 5 nitrogen and oxygen atoms in total. The quantitative estimate of drug-likeness (QED) is 0.783. The van der Waals surface area contributed by atoms with Crippen molar-refractivity contribution in [2.75, 3.05) is 13.6 Å². The van der Waals surface area contributed by atoms with Gasteiger partial charge in [-0.15, -0.1) is 12.4 Å². The molecule has 0 aromatic rings. The Morgan fingerprint density at radius 3 is 2.05 bits per heavy atom. The van der Waals surface area contributed by atoms with Crippen molar-refractivity contribution in [1.82, 2.24) is 10.2 Å². The van der Waals surface area contributed by atoms with E-state index in [1.165, 1.54) is 0 Å². The van der Waals surface area contributed by atoms with E-state index in [4.69, 9.17) is 5.73 Å². The van der Waals surface area contributed by atoms with Crippen LogP contribution in [0.5, 0.6) is 0 Å². The predicted molar refractivity (Wildman–Crippen MR) is 89.4 cm³/mol. The average Bonchev–Trinajstić information content (AvgIpc) is 2.32. The van der Waals surface area contributed by atoms with Gasteiger partial charge < -0.3 is 16.0 Å². The Labute approximate surface area is 135 Å². The first-order valence-corrected chi connectivity index (χ1v) is 7.28. The molecule has 0 bridgehead atoms. The van der Waals surface area contributed by atoms with Crippen LogP contribution >= 0.6 is 12.4 Å². The van der Waals surface area contributed by atoms with E-state index in [9.17, 15) is 9.59 Å². The molecule has 126 valence electrons. The van der Waals surface area contributed by atoms with Crippen LogP contribution in [0.4, 0.5) is 0 Å². The van der Waals surface area contributed by atoms with Crippen LogP contribution in [0.1, 0.15) is 48.0 Å². The number of rotatable bonds is 6. The first kappa shape index (κ1) is 22.5. The lowest BCUT2D eigenvalue weighted by Crippen LogP contribution is -2.49. The largest absolute Gasteiger partial charge is 0.344 e. The lowest BCUT2D eigenvalue weighted by atomic mass is 9.95. The van der Waals surface area contributed by atoms with Gasteiger partial charge in [-0.25, -0.2) is 0 Å². The van der Waals surface area contributed by atoms with Crippen molar-refractivity contribution < 1.29 is 9.59 Å². The van der Waals surface area contributed by atoms with E-state index in [1.54, 1.807) is 18.9 Å². The molecule has 0 saturated carbocycles. The van der Waals surface area contributed by atoms with E-state index >= 15 is 0 Å². The van der Waals surface area contributed by atoms with E-state index in [0.717, 1.165) is 6.42 Å². The van der Waals surface area contributed by atoms with Crippen molar-refractivity contribution in [1.29, 1.82) is 0 Å². The van der Waals surface area contributed by atoms with Crippen LogP contribution < -0.4 is 11.1 Å². The van der Waals surface area contributed by atoms with Crippen LogP contribution in [-0.2, 0) is 9.59 Å². The Balaban J connectivity index is 0. The van der Waals surface area contributed by atoms with Crippen LogP contribution in [0.25, 0.3) is 0 Å². The first-order chi connectivity index (χ1) is 8.96. The number of nitrogens with two attached hydrogens (primary N) is 1. The molecule has 0 aromatic heterocycles. The molecule has 0 heterocycles. The Bertz CT molecular complexity index is 340. The number of likely N-dealkylation sites (N-methyl/N-ethyl adjacent to an activating group) is 1. The number of halogens is 1. The van der Waals surface area contributed by atoms with E-state index in [2.05, 4.69) is 19.2 Å². The van der Waals surface area contributed by atoms with E-state index < -0.39 is 11.5 Å². The van der Waals surface area contributed by atoms with Gasteiger partial charge in [0.05, 0.1) is 0 Å². The summed E-state index contributed by atoms with van der Waals surface area (Å²) in [4.78, 5) is 25.6. The molecule has 2 unspecified atom stereocenters. The molecular formula is C15H32ClN3O2. The summed E-state index contributed by atoms with van der Waals surface area (Å²) in [5.74, 6) is 0.195. The van der Waals surface area contributed by atoms with Crippen molar-refractivity contribution in [3.05, 3.63) is 0 Å².